The Hall–Kier alpha value is -3.94. The number of morpholine rings is 1. The number of hydrogen-bond acceptors (Lipinski definition) is 5. The molecular weight excluding hydrogens is 464 g/mol. The Labute approximate surface area is 216 Å². The van der Waals surface area contributed by atoms with Gasteiger partial charge in [-0.05, 0) is 66.6 Å². The smallest absolute Gasteiger partial charge is 0.255 e. The third-order valence-corrected chi connectivity index (χ3v) is 7.24. The summed E-state index contributed by atoms with van der Waals surface area (Å²) in [7, 11) is 0. The fourth-order valence-corrected chi connectivity index (χ4v) is 5.35. The molecule has 3 aromatic carbocycles. The number of hydrogen-bond donors (Lipinski definition) is 2. The van der Waals surface area contributed by atoms with E-state index in [2.05, 4.69) is 15.5 Å². The van der Waals surface area contributed by atoms with Gasteiger partial charge in [-0.3, -0.25) is 14.2 Å². The highest BCUT2D eigenvalue weighted by molar-refractivity contribution is 6.07. The highest BCUT2D eigenvalue weighted by atomic mass is 16.5. The number of nitrogens with one attached hydrogen (secondary N) is 2. The average molecular weight is 495 g/mol. The molecule has 2 aliphatic heterocycles. The minimum Gasteiger partial charge on any atom is -0.378 e. The lowest BCUT2D eigenvalue weighted by Crippen LogP contribution is -2.36. The Bertz CT molecular complexity index is 1440. The topological polar surface area (TPSA) is 75.6 Å². The van der Waals surface area contributed by atoms with Crippen LogP contribution in [-0.4, -0.2) is 49.2 Å². The molecule has 3 heterocycles. The largest absolute Gasteiger partial charge is 0.378 e. The molecule has 0 saturated carbocycles. The van der Waals surface area contributed by atoms with Crippen molar-refractivity contribution in [2.24, 2.45) is 0 Å². The summed E-state index contributed by atoms with van der Waals surface area (Å²) in [5.74, 6) is -0.120. The van der Waals surface area contributed by atoms with Crippen LogP contribution in [0.25, 0.3) is 10.9 Å². The van der Waals surface area contributed by atoms with Crippen LogP contribution in [0.3, 0.4) is 0 Å². The molecule has 0 radical (unpaired) electrons. The van der Waals surface area contributed by atoms with E-state index in [4.69, 9.17) is 4.74 Å². The summed E-state index contributed by atoms with van der Waals surface area (Å²) < 4.78 is 7.27. The molecule has 2 aliphatic rings. The van der Waals surface area contributed by atoms with E-state index in [1.165, 1.54) is 0 Å². The van der Waals surface area contributed by atoms with Crippen molar-refractivity contribution >= 4 is 34.1 Å². The van der Waals surface area contributed by atoms with E-state index in [0.29, 0.717) is 18.5 Å². The summed E-state index contributed by atoms with van der Waals surface area (Å²) in [5, 5.41) is 7.40. The minimum absolute atomic E-state index is 0.0405. The van der Waals surface area contributed by atoms with Gasteiger partial charge in [0, 0.05) is 47.7 Å². The molecule has 7 nitrogen and oxygen atoms in total. The predicted octanol–water partition coefficient (Wildman–Crippen LogP) is 4.26. The average Bonchev–Trinajstić information content (AvgIpc) is 3.28. The Morgan fingerprint density at radius 1 is 0.946 bits per heavy atom. The highest BCUT2D eigenvalue weighted by Crippen LogP contribution is 2.30. The van der Waals surface area contributed by atoms with Crippen LogP contribution in [0.5, 0.6) is 0 Å². The first kappa shape index (κ1) is 23.5. The second-order valence-electron chi connectivity index (χ2n) is 9.58. The number of carbonyl (C=O) groups excluding carboxylic acids is 2. The Morgan fingerprint density at radius 3 is 2.51 bits per heavy atom. The number of rotatable bonds is 5. The van der Waals surface area contributed by atoms with E-state index in [0.717, 1.165) is 78.4 Å². The van der Waals surface area contributed by atoms with Gasteiger partial charge in [-0.15, -0.1) is 0 Å². The number of anilines is 2. The lowest BCUT2D eigenvalue weighted by atomic mass is 10.0. The molecule has 1 saturated heterocycles. The molecule has 7 heteroatoms. The SMILES string of the molecule is O=C(Nc1ccc(N2CCOCC2)cc1)c1ccc2c(c1)c1c(n2C(=O)Cc2ccccc2)CNCC1. The molecular formula is C30H30N4O3. The van der Waals surface area contributed by atoms with Crippen molar-refractivity contribution in [1.29, 1.82) is 0 Å². The lowest BCUT2D eigenvalue weighted by Gasteiger charge is -2.28. The van der Waals surface area contributed by atoms with Gasteiger partial charge in [0.25, 0.3) is 5.91 Å². The minimum atomic E-state index is -0.160. The maximum absolute atomic E-state index is 13.4. The van der Waals surface area contributed by atoms with Crippen LogP contribution in [0.1, 0.15) is 32.0 Å². The molecule has 1 fully saturated rings. The first-order valence-corrected chi connectivity index (χ1v) is 12.9. The molecule has 188 valence electrons. The number of ether oxygens (including phenoxy) is 1. The van der Waals surface area contributed by atoms with E-state index < -0.39 is 0 Å². The zero-order valence-electron chi connectivity index (χ0n) is 20.7. The van der Waals surface area contributed by atoms with Crippen molar-refractivity contribution in [3.05, 3.63) is 95.2 Å². The van der Waals surface area contributed by atoms with Crippen molar-refractivity contribution in [2.75, 3.05) is 43.1 Å². The number of nitrogens with zero attached hydrogens (tertiary/aromatic N) is 2. The first-order valence-electron chi connectivity index (χ1n) is 12.9. The predicted molar refractivity (Wildman–Crippen MR) is 146 cm³/mol. The van der Waals surface area contributed by atoms with E-state index in [1.807, 2.05) is 77.4 Å². The van der Waals surface area contributed by atoms with Crippen LogP contribution in [0.4, 0.5) is 11.4 Å². The van der Waals surface area contributed by atoms with Gasteiger partial charge >= 0.3 is 0 Å². The van der Waals surface area contributed by atoms with Gasteiger partial charge in [0.15, 0.2) is 0 Å². The van der Waals surface area contributed by atoms with E-state index in [1.54, 1.807) is 0 Å². The molecule has 1 aromatic heterocycles. The highest BCUT2D eigenvalue weighted by Gasteiger charge is 2.24. The summed E-state index contributed by atoms with van der Waals surface area (Å²) in [6.07, 6.45) is 1.16. The van der Waals surface area contributed by atoms with Crippen LogP contribution in [0.15, 0.2) is 72.8 Å². The Kier molecular flexibility index (Phi) is 6.47. The van der Waals surface area contributed by atoms with Crippen molar-refractivity contribution < 1.29 is 14.3 Å². The Morgan fingerprint density at radius 2 is 1.73 bits per heavy atom. The number of carbonyl (C=O) groups is 2. The maximum atomic E-state index is 13.4. The molecule has 6 rings (SSSR count). The number of amides is 1. The molecule has 0 atom stereocenters. The van der Waals surface area contributed by atoms with E-state index in [9.17, 15) is 9.59 Å². The van der Waals surface area contributed by atoms with E-state index in [-0.39, 0.29) is 11.8 Å². The third-order valence-electron chi connectivity index (χ3n) is 7.24. The van der Waals surface area contributed by atoms with Gasteiger partial charge in [0.2, 0.25) is 5.91 Å². The van der Waals surface area contributed by atoms with Gasteiger partial charge in [0.1, 0.15) is 0 Å². The molecule has 4 aromatic rings. The second-order valence-corrected chi connectivity index (χ2v) is 9.58. The van der Waals surface area contributed by atoms with Gasteiger partial charge < -0.3 is 20.3 Å². The van der Waals surface area contributed by atoms with Gasteiger partial charge in [-0.2, -0.15) is 0 Å². The zero-order chi connectivity index (χ0) is 25.2. The lowest BCUT2D eigenvalue weighted by molar-refractivity contribution is 0.0915. The van der Waals surface area contributed by atoms with Crippen molar-refractivity contribution in [2.45, 2.75) is 19.4 Å². The van der Waals surface area contributed by atoms with Crippen molar-refractivity contribution in [3.63, 3.8) is 0 Å². The summed E-state index contributed by atoms with van der Waals surface area (Å²) in [6.45, 7) is 4.71. The number of aromatic nitrogens is 1. The third kappa shape index (κ3) is 4.75. The van der Waals surface area contributed by atoms with E-state index >= 15 is 0 Å². The van der Waals surface area contributed by atoms with Crippen LogP contribution in [0, 0.1) is 0 Å². The molecule has 2 N–H and O–H groups in total. The second kappa shape index (κ2) is 10.2. The van der Waals surface area contributed by atoms with Gasteiger partial charge in [-0.25, -0.2) is 0 Å². The quantitative estimate of drug-likeness (QED) is 0.434. The first-order chi connectivity index (χ1) is 18.2. The molecule has 1 amide bonds. The summed E-state index contributed by atoms with van der Waals surface area (Å²) in [6, 6.07) is 23.4. The molecule has 0 unspecified atom stereocenters. The molecule has 0 bridgehead atoms. The Balaban J connectivity index is 1.26. The monoisotopic (exact) mass is 494 g/mol. The zero-order valence-corrected chi connectivity index (χ0v) is 20.7. The molecule has 37 heavy (non-hydrogen) atoms. The van der Waals surface area contributed by atoms with Crippen LogP contribution in [-0.2, 0) is 24.1 Å². The van der Waals surface area contributed by atoms with Gasteiger partial charge in [0.05, 0.1) is 25.2 Å². The standard InChI is InChI=1S/C30H30N4O3/c35-29(18-21-4-2-1-3-5-21)34-27-11-6-22(19-26(27)25-12-13-31-20-28(25)34)30(36)32-23-7-9-24(10-8-23)33-14-16-37-17-15-33/h1-11,19,31H,12-18,20H2,(H,32,36). The molecule has 0 spiro atoms. The fourth-order valence-electron chi connectivity index (χ4n) is 5.35. The van der Waals surface area contributed by atoms with Crippen LogP contribution in [0.2, 0.25) is 0 Å². The van der Waals surface area contributed by atoms with Gasteiger partial charge in [-0.1, -0.05) is 30.3 Å². The number of fused-ring (bicyclic) bond motifs is 3. The van der Waals surface area contributed by atoms with Crippen LogP contribution < -0.4 is 15.5 Å². The van der Waals surface area contributed by atoms with Crippen molar-refractivity contribution in [3.8, 4) is 0 Å². The normalized spacial score (nSPS) is 15.4. The van der Waals surface area contributed by atoms with Crippen LogP contribution >= 0.6 is 0 Å². The summed E-state index contributed by atoms with van der Waals surface area (Å²) >= 11 is 0. The fraction of sp³-hybridized carbons (Fsp3) is 0.267. The summed E-state index contributed by atoms with van der Waals surface area (Å²) in [5.41, 5.74) is 6.47. The number of benzene rings is 3. The van der Waals surface area contributed by atoms with Crippen molar-refractivity contribution in [1.82, 2.24) is 9.88 Å². The maximum Gasteiger partial charge on any atom is 0.255 e. The molecule has 0 aliphatic carbocycles. The summed E-state index contributed by atoms with van der Waals surface area (Å²) in [4.78, 5) is 28.9.